The van der Waals surface area contributed by atoms with Gasteiger partial charge >= 0.3 is 12.0 Å². The van der Waals surface area contributed by atoms with Crippen molar-refractivity contribution >= 4 is 17.9 Å². The Kier molecular flexibility index (Phi) is 9.05. The van der Waals surface area contributed by atoms with Crippen LogP contribution in [0.1, 0.15) is 48.0 Å². The molecule has 1 fully saturated rings. The van der Waals surface area contributed by atoms with Gasteiger partial charge in [-0.15, -0.1) is 0 Å². The first-order valence-electron chi connectivity index (χ1n) is 11.0. The van der Waals surface area contributed by atoms with E-state index < -0.39 is 24.5 Å². The van der Waals surface area contributed by atoms with E-state index in [4.69, 9.17) is 9.47 Å². The van der Waals surface area contributed by atoms with Crippen LogP contribution in [0.5, 0.6) is 0 Å². The van der Waals surface area contributed by atoms with Gasteiger partial charge in [-0.05, 0) is 44.2 Å². The van der Waals surface area contributed by atoms with Crippen LogP contribution in [0.3, 0.4) is 0 Å². The number of imide groups is 1. The monoisotopic (exact) mass is 430 g/mol. The summed E-state index contributed by atoms with van der Waals surface area (Å²) in [5.41, 5.74) is 2.86. The summed E-state index contributed by atoms with van der Waals surface area (Å²) in [5, 5.41) is 4.84. The Morgan fingerprint density at radius 1 is 1.06 bits per heavy atom. The molecule has 1 saturated heterocycles. The third-order valence-electron chi connectivity index (χ3n) is 5.55. The molecule has 3 rings (SSSR count). The Hall–Kier alpha value is -2.71. The Morgan fingerprint density at radius 3 is 2.55 bits per heavy atom. The summed E-state index contributed by atoms with van der Waals surface area (Å²) < 4.78 is 10.4. The van der Waals surface area contributed by atoms with Gasteiger partial charge in [0.15, 0.2) is 6.61 Å². The molecule has 168 valence electrons. The number of esters is 1. The van der Waals surface area contributed by atoms with E-state index in [2.05, 4.69) is 16.7 Å². The molecule has 0 unspecified atom stereocenters. The summed E-state index contributed by atoms with van der Waals surface area (Å²) in [6, 6.07) is 6.61. The van der Waals surface area contributed by atoms with Crippen LogP contribution in [0.25, 0.3) is 0 Å². The van der Waals surface area contributed by atoms with Gasteiger partial charge in [0.05, 0.1) is 18.8 Å². The van der Waals surface area contributed by atoms with Gasteiger partial charge in [-0.25, -0.2) is 9.59 Å². The van der Waals surface area contributed by atoms with Crippen LogP contribution in [0.4, 0.5) is 4.79 Å². The van der Waals surface area contributed by atoms with Gasteiger partial charge in [0, 0.05) is 12.1 Å². The standard InChI is InChI=1S/C23H31N3O5/c27-21(25-23(29)24-11-10-18-4-2-1-3-5-18)17-31-22(28)20-8-6-19(7-9-20)16-26-12-14-30-15-13-26/h4,6-9H,1-3,5,10-17H2,(H2,24,25,27,29)/p+1. The van der Waals surface area contributed by atoms with E-state index in [9.17, 15) is 14.4 Å². The Bertz CT molecular complexity index is 785. The molecule has 3 N–H and O–H groups in total. The van der Waals surface area contributed by atoms with E-state index in [1.54, 1.807) is 12.1 Å². The predicted octanol–water partition coefficient (Wildman–Crippen LogP) is 0.975. The molecule has 0 spiro atoms. The van der Waals surface area contributed by atoms with Crippen LogP contribution >= 0.6 is 0 Å². The topological polar surface area (TPSA) is 98.2 Å². The van der Waals surface area contributed by atoms with E-state index >= 15 is 0 Å². The second kappa shape index (κ2) is 12.2. The number of benzene rings is 1. The molecule has 0 aromatic heterocycles. The SMILES string of the molecule is O=C(COC(=O)c1ccc(C[NH+]2CCOCC2)cc1)NC(=O)NCCC1=CCCCC1. The zero-order valence-corrected chi connectivity index (χ0v) is 17.9. The lowest BCUT2D eigenvalue weighted by Gasteiger charge is -2.23. The van der Waals surface area contributed by atoms with Crippen molar-refractivity contribution in [3.05, 3.63) is 47.0 Å². The fourth-order valence-corrected chi connectivity index (χ4v) is 3.77. The van der Waals surface area contributed by atoms with Crippen molar-refractivity contribution in [2.75, 3.05) is 39.5 Å². The molecule has 2 aliphatic rings. The summed E-state index contributed by atoms with van der Waals surface area (Å²) in [4.78, 5) is 37.3. The number of hydrogen-bond acceptors (Lipinski definition) is 5. The summed E-state index contributed by atoms with van der Waals surface area (Å²) >= 11 is 0. The van der Waals surface area contributed by atoms with Gasteiger partial charge < -0.3 is 19.7 Å². The smallest absolute Gasteiger partial charge is 0.338 e. The van der Waals surface area contributed by atoms with Crippen LogP contribution in [-0.4, -0.2) is 57.4 Å². The van der Waals surface area contributed by atoms with Crippen LogP contribution < -0.4 is 15.5 Å². The molecule has 1 heterocycles. The predicted molar refractivity (Wildman–Crippen MR) is 115 cm³/mol. The number of carbonyl (C=O) groups excluding carboxylic acids is 3. The van der Waals surface area contributed by atoms with Crippen LogP contribution in [0, 0.1) is 0 Å². The highest BCUT2D eigenvalue weighted by Gasteiger charge is 2.16. The summed E-state index contributed by atoms with van der Waals surface area (Å²) in [7, 11) is 0. The van der Waals surface area contributed by atoms with Crippen molar-refractivity contribution in [1.29, 1.82) is 0 Å². The second-order valence-electron chi connectivity index (χ2n) is 7.97. The normalized spacial score (nSPS) is 16.8. The van der Waals surface area contributed by atoms with Crippen molar-refractivity contribution in [3.8, 4) is 0 Å². The van der Waals surface area contributed by atoms with E-state index in [0.717, 1.165) is 57.7 Å². The van der Waals surface area contributed by atoms with Crippen molar-refractivity contribution < 1.29 is 28.8 Å². The molecule has 1 aromatic rings. The first-order chi connectivity index (χ1) is 15.1. The first kappa shape index (κ1) is 23.0. The van der Waals surface area contributed by atoms with Crippen LogP contribution in [-0.2, 0) is 20.8 Å². The highest BCUT2D eigenvalue weighted by atomic mass is 16.5. The quantitative estimate of drug-likeness (QED) is 0.422. The van der Waals surface area contributed by atoms with E-state index in [1.165, 1.54) is 23.3 Å². The highest BCUT2D eigenvalue weighted by molar-refractivity contribution is 5.97. The molecule has 0 bridgehead atoms. The molecule has 31 heavy (non-hydrogen) atoms. The Labute approximate surface area is 183 Å². The number of hydrogen-bond donors (Lipinski definition) is 3. The molecule has 8 nitrogen and oxygen atoms in total. The highest BCUT2D eigenvalue weighted by Crippen LogP contribution is 2.19. The Morgan fingerprint density at radius 2 is 1.84 bits per heavy atom. The molecule has 1 aromatic carbocycles. The van der Waals surface area contributed by atoms with Gasteiger partial charge in [-0.2, -0.15) is 0 Å². The summed E-state index contributed by atoms with van der Waals surface area (Å²) in [6.45, 7) is 4.36. The number of ether oxygens (including phenoxy) is 2. The van der Waals surface area contributed by atoms with Crippen LogP contribution in [0.2, 0.25) is 0 Å². The average molecular weight is 431 g/mol. The number of nitrogens with one attached hydrogen (secondary N) is 3. The molecular formula is C23H32N3O5+. The summed E-state index contributed by atoms with van der Waals surface area (Å²) in [6.07, 6.45) is 7.61. The second-order valence-corrected chi connectivity index (χ2v) is 7.97. The van der Waals surface area contributed by atoms with Gasteiger partial charge in [0.25, 0.3) is 5.91 Å². The largest absolute Gasteiger partial charge is 0.452 e. The maximum absolute atomic E-state index is 12.2. The molecule has 0 saturated carbocycles. The number of carbonyl (C=O) groups is 3. The third-order valence-corrected chi connectivity index (χ3v) is 5.55. The lowest BCUT2D eigenvalue weighted by Crippen LogP contribution is -3.12. The number of quaternary nitrogens is 1. The fourth-order valence-electron chi connectivity index (χ4n) is 3.77. The number of morpholine rings is 1. The maximum atomic E-state index is 12.2. The van der Waals surface area contributed by atoms with E-state index in [0.29, 0.717) is 12.1 Å². The van der Waals surface area contributed by atoms with E-state index in [1.807, 2.05) is 12.1 Å². The molecule has 3 amide bonds. The molecule has 0 radical (unpaired) electrons. The van der Waals surface area contributed by atoms with Crippen molar-refractivity contribution in [1.82, 2.24) is 10.6 Å². The first-order valence-corrected chi connectivity index (χ1v) is 11.0. The van der Waals surface area contributed by atoms with Crippen molar-refractivity contribution in [2.24, 2.45) is 0 Å². The zero-order valence-electron chi connectivity index (χ0n) is 17.9. The number of rotatable bonds is 8. The zero-order chi connectivity index (χ0) is 21.9. The minimum atomic E-state index is -0.657. The van der Waals surface area contributed by atoms with Crippen molar-refractivity contribution in [3.63, 3.8) is 0 Å². The minimum Gasteiger partial charge on any atom is -0.452 e. The van der Waals surface area contributed by atoms with Gasteiger partial charge in [-0.3, -0.25) is 10.1 Å². The molecule has 0 atom stereocenters. The minimum absolute atomic E-state index is 0.374. The lowest BCUT2D eigenvalue weighted by atomic mass is 9.97. The number of allylic oxidation sites excluding steroid dienone is 1. The van der Waals surface area contributed by atoms with Gasteiger partial charge in [0.1, 0.15) is 19.6 Å². The van der Waals surface area contributed by atoms with Gasteiger partial charge in [-0.1, -0.05) is 23.8 Å². The summed E-state index contributed by atoms with van der Waals surface area (Å²) in [5.74, 6) is -1.25. The lowest BCUT2D eigenvalue weighted by molar-refractivity contribution is -0.921. The van der Waals surface area contributed by atoms with E-state index in [-0.39, 0.29) is 0 Å². The number of amides is 3. The molecule has 1 aliphatic carbocycles. The third kappa shape index (κ3) is 8.15. The fraction of sp³-hybridized carbons (Fsp3) is 0.522. The van der Waals surface area contributed by atoms with Crippen LogP contribution in [0.15, 0.2) is 35.9 Å². The maximum Gasteiger partial charge on any atom is 0.338 e. The molecule has 1 aliphatic heterocycles. The number of urea groups is 1. The molecule has 8 heteroatoms. The van der Waals surface area contributed by atoms with Crippen molar-refractivity contribution in [2.45, 2.75) is 38.6 Å². The van der Waals surface area contributed by atoms with Gasteiger partial charge in [0.2, 0.25) is 0 Å². The Balaban J connectivity index is 1.33. The molecular weight excluding hydrogens is 398 g/mol. The average Bonchev–Trinajstić information content (AvgIpc) is 2.79.